The fourth-order valence-electron chi connectivity index (χ4n) is 4.18. The summed E-state index contributed by atoms with van der Waals surface area (Å²) in [5.41, 5.74) is 7.42. The highest BCUT2D eigenvalue weighted by atomic mass is 32.2. The number of benzene rings is 3. The molecule has 2 N–H and O–H groups in total. The van der Waals surface area contributed by atoms with Crippen LogP contribution in [0.4, 0.5) is 16.5 Å². The number of ether oxygens (including phenoxy) is 3. The Morgan fingerprint density at radius 2 is 1.92 bits per heavy atom. The predicted octanol–water partition coefficient (Wildman–Crippen LogP) is 3.94. The molecule has 0 saturated carbocycles. The highest BCUT2D eigenvalue weighted by molar-refractivity contribution is 7.93. The van der Waals surface area contributed by atoms with E-state index >= 15 is 0 Å². The van der Waals surface area contributed by atoms with Crippen LogP contribution in [0.15, 0.2) is 83.2 Å². The zero-order chi connectivity index (χ0) is 27.4. The van der Waals surface area contributed by atoms with Gasteiger partial charge >= 0.3 is 0 Å². The van der Waals surface area contributed by atoms with Crippen molar-refractivity contribution in [3.05, 3.63) is 83.9 Å². The monoisotopic (exact) mass is 566 g/mol. The summed E-state index contributed by atoms with van der Waals surface area (Å²) in [4.78, 5) is 17.6. The predicted molar refractivity (Wildman–Crippen MR) is 149 cm³/mol. The number of carbonyl (C=O) groups excluding carboxylic acids is 1. The molecule has 1 aromatic heterocycles. The molecule has 0 bridgehead atoms. The Morgan fingerprint density at radius 1 is 1.13 bits per heavy atom. The first-order valence-electron chi connectivity index (χ1n) is 12.0. The number of amides is 1. The topological polar surface area (TPSA) is 124 Å². The fourth-order valence-corrected chi connectivity index (χ4v) is 6.47. The Hall–Kier alpha value is -4.29. The van der Waals surface area contributed by atoms with Crippen LogP contribution in [-0.4, -0.2) is 46.2 Å². The van der Waals surface area contributed by atoms with Crippen LogP contribution in [0, 0.1) is 0 Å². The van der Waals surface area contributed by atoms with Gasteiger partial charge in [-0.15, -0.1) is 11.3 Å². The van der Waals surface area contributed by atoms with Gasteiger partial charge in [-0.05, 0) is 42.0 Å². The van der Waals surface area contributed by atoms with E-state index in [2.05, 4.69) is 4.98 Å². The Labute approximate surface area is 230 Å². The number of carbonyl (C=O) groups is 1. The molecule has 1 aliphatic heterocycles. The number of primary amides is 1. The summed E-state index contributed by atoms with van der Waals surface area (Å²) in [6.45, 7) is 0.655. The van der Waals surface area contributed by atoms with Gasteiger partial charge in [0.15, 0.2) is 11.7 Å². The van der Waals surface area contributed by atoms with Crippen LogP contribution in [0.5, 0.6) is 17.2 Å². The molecule has 2 heterocycles. The minimum absolute atomic E-state index is 0.0741. The maximum Gasteiger partial charge on any atom is 0.266 e. The summed E-state index contributed by atoms with van der Waals surface area (Å²) < 4.78 is 45.9. The summed E-state index contributed by atoms with van der Waals surface area (Å²) >= 11 is 1.24. The second-order valence-corrected chi connectivity index (χ2v) is 11.3. The summed E-state index contributed by atoms with van der Waals surface area (Å²) in [6, 6.07) is 19.3. The van der Waals surface area contributed by atoms with Crippen molar-refractivity contribution in [2.45, 2.75) is 11.4 Å². The van der Waals surface area contributed by atoms with Gasteiger partial charge in [0.25, 0.3) is 15.9 Å². The minimum atomic E-state index is -4.00. The molecule has 0 saturated heterocycles. The van der Waals surface area contributed by atoms with Gasteiger partial charge in [0.05, 0.1) is 36.5 Å². The van der Waals surface area contributed by atoms with E-state index in [4.69, 9.17) is 19.9 Å². The third kappa shape index (κ3) is 5.61. The molecule has 12 heteroatoms. The van der Waals surface area contributed by atoms with Crippen molar-refractivity contribution in [1.29, 1.82) is 0 Å². The summed E-state index contributed by atoms with van der Waals surface area (Å²) in [6.07, 6.45) is 1.57. The van der Waals surface area contributed by atoms with Gasteiger partial charge in [0.1, 0.15) is 23.9 Å². The van der Waals surface area contributed by atoms with E-state index in [1.165, 1.54) is 21.7 Å². The van der Waals surface area contributed by atoms with Crippen molar-refractivity contribution in [3.63, 3.8) is 0 Å². The van der Waals surface area contributed by atoms with E-state index < -0.39 is 15.9 Å². The number of fused-ring (bicyclic) bond motifs is 1. The van der Waals surface area contributed by atoms with E-state index in [-0.39, 0.29) is 18.0 Å². The molecule has 202 valence electrons. The standard InChI is InChI=1S/C27H26N4O6S2/c1-35-20-8-6-19(7-9-20)17-31(27-29-12-15-38-27)39(33,34)21-10-11-23-25(16-21)36-14-13-30(23)22-4-2-3-5-24(22)37-18-26(28)32/h2-12,15-16H,13-14,17-18H2,1H3,(H2,28,32). The molecule has 1 aliphatic rings. The van der Waals surface area contributed by atoms with Gasteiger partial charge < -0.3 is 24.8 Å². The lowest BCUT2D eigenvalue weighted by Crippen LogP contribution is -2.32. The Kier molecular flexibility index (Phi) is 7.57. The second-order valence-electron chi connectivity index (χ2n) is 8.53. The fraction of sp³-hybridized carbons (Fsp3) is 0.185. The van der Waals surface area contributed by atoms with Crippen molar-refractivity contribution >= 4 is 43.8 Å². The van der Waals surface area contributed by atoms with Crippen LogP contribution in [-0.2, 0) is 21.4 Å². The zero-order valence-corrected chi connectivity index (χ0v) is 22.7. The van der Waals surface area contributed by atoms with Gasteiger partial charge in [-0.3, -0.25) is 4.79 Å². The molecule has 0 fully saturated rings. The quantitative estimate of drug-likeness (QED) is 0.306. The van der Waals surface area contributed by atoms with Gasteiger partial charge in [-0.2, -0.15) is 0 Å². The molecular weight excluding hydrogens is 540 g/mol. The smallest absolute Gasteiger partial charge is 0.266 e. The molecule has 1 amide bonds. The van der Waals surface area contributed by atoms with Crippen molar-refractivity contribution in [1.82, 2.24) is 4.98 Å². The van der Waals surface area contributed by atoms with E-state index in [0.717, 1.165) is 5.56 Å². The molecule has 5 rings (SSSR count). The molecule has 4 aromatic rings. The van der Waals surface area contributed by atoms with Crippen LogP contribution in [0.25, 0.3) is 0 Å². The highest BCUT2D eigenvalue weighted by Gasteiger charge is 2.30. The summed E-state index contributed by atoms with van der Waals surface area (Å²) in [7, 11) is -2.43. The maximum absolute atomic E-state index is 13.9. The minimum Gasteiger partial charge on any atom is -0.497 e. The van der Waals surface area contributed by atoms with E-state index in [9.17, 15) is 13.2 Å². The van der Waals surface area contributed by atoms with Crippen molar-refractivity contribution in [3.8, 4) is 17.2 Å². The average molecular weight is 567 g/mol. The number of rotatable bonds is 10. The third-order valence-corrected chi connectivity index (χ3v) is 8.67. The molecule has 0 aliphatic carbocycles. The third-order valence-electron chi connectivity index (χ3n) is 6.03. The molecule has 0 atom stereocenters. The zero-order valence-electron chi connectivity index (χ0n) is 21.0. The van der Waals surface area contributed by atoms with Gasteiger partial charge in [-0.1, -0.05) is 24.3 Å². The number of thiazole rings is 1. The Morgan fingerprint density at radius 3 is 2.64 bits per heavy atom. The van der Waals surface area contributed by atoms with Crippen LogP contribution < -0.4 is 29.1 Å². The van der Waals surface area contributed by atoms with Crippen molar-refractivity contribution in [2.75, 3.05) is 36.1 Å². The Balaban J connectivity index is 1.48. The average Bonchev–Trinajstić information content (AvgIpc) is 3.49. The molecule has 0 spiro atoms. The van der Waals surface area contributed by atoms with Crippen LogP contribution >= 0.6 is 11.3 Å². The number of sulfonamides is 1. The molecule has 10 nitrogen and oxygen atoms in total. The normalized spacial score (nSPS) is 12.8. The highest BCUT2D eigenvalue weighted by Crippen LogP contribution is 2.42. The molecule has 3 aromatic carbocycles. The van der Waals surface area contributed by atoms with Crippen LogP contribution in [0.2, 0.25) is 0 Å². The van der Waals surface area contributed by atoms with Crippen molar-refractivity contribution in [2.24, 2.45) is 5.73 Å². The van der Waals surface area contributed by atoms with Crippen LogP contribution in [0.1, 0.15) is 5.56 Å². The van der Waals surface area contributed by atoms with Crippen LogP contribution in [0.3, 0.4) is 0 Å². The first kappa shape index (κ1) is 26.3. The second kappa shape index (κ2) is 11.2. The van der Waals surface area contributed by atoms with Gasteiger partial charge in [0.2, 0.25) is 0 Å². The largest absolute Gasteiger partial charge is 0.497 e. The lowest BCUT2D eigenvalue weighted by Gasteiger charge is -2.32. The number of nitrogens with zero attached hydrogens (tertiary/aromatic N) is 3. The van der Waals surface area contributed by atoms with Gasteiger partial charge in [-0.25, -0.2) is 17.7 Å². The number of para-hydroxylation sites is 2. The first-order valence-corrected chi connectivity index (χ1v) is 14.3. The number of aromatic nitrogens is 1. The lowest BCUT2D eigenvalue weighted by molar-refractivity contribution is -0.119. The number of hydrogen-bond acceptors (Lipinski definition) is 9. The molecule has 0 unspecified atom stereocenters. The lowest BCUT2D eigenvalue weighted by atomic mass is 10.2. The van der Waals surface area contributed by atoms with E-state index in [1.54, 1.807) is 55.1 Å². The number of anilines is 3. The first-order chi connectivity index (χ1) is 18.9. The van der Waals surface area contributed by atoms with E-state index in [1.807, 2.05) is 29.2 Å². The summed E-state index contributed by atoms with van der Waals surface area (Å²) in [5, 5.41) is 2.09. The SMILES string of the molecule is COc1ccc(CN(c2nccs2)S(=O)(=O)c2ccc3c(c2)OCCN3c2ccccc2OCC(N)=O)cc1. The molecule has 0 radical (unpaired) electrons. The number of hydrogen-bond donors (Lipinski definition) is 1. The van der Waals surface area contributed by atoms with Crippen molar-refractivity contribution < 1.29 is 27.4 Å². The molecular formula is C27H26N4O6S2. The maximum atomic E-state index is 13.9. The summed E-state index contributed by atoms with van der Waals surface area (Å²) in [5.74, 6) is 0.993. The number of methoxy groups -OCH3 is 1. The van der Waals surface area contributed by atoms with E-state index in [0.29, 0.717) is 46.9 Å². The van der Waals surface area contributed by atoms with Gasteiger partial charge in [0, 0.05) is 17.6 Å². The Bertz CT molecular complexity index is 1560. The number of nitrogens with two attached hydrogens (primary N) is 1. The molecule has 39 heavy (non-hydrogen) atoms.